The second-order valence-electron chi connectivity index (χ2n) is 6.22. The third-order valence-electron chi connectivity index (χ3n) is 4.36. The minimum Gasteiger partial charge on any atom is -0.389 e. The summed E-state index contributed by atoms with van der Waals surface area (Å²) in [5.74, 6) is 0.734. The van der Waals surface area contributed by atoms with Gasteiger partial charge in [0.2, 0.25) is 0 Å². The average molecular weight is 256 g/mol. The molecule has 1 fully saturated rings. The quantitative estimate of drug-likeness (QED) is 0.733. The van der Waals surface area contributed by atoms with Crippen molar-refractivity contribution in [1.82, 2.24) is 10.2 Å². The highest BCUT2D eigenvalue weighted by molar-refractivity contribution is 4.83. The van der Waals surface area contributed by atoms with Crippen LogP contribution in [0.1, 0.15) is 53.4 Å². The van der Waals surface area contributed by atoms with Gasteiger partial charge in [0.1, 0.15) is 0 Å². The summed E-state index contributed by atoms with van der Waals surface area (Å²) in [5, 5.41) is 13.6. The summed E-state index contributed by atoms with van der Waals surface area (Å²) in [4.78, 5) is 2.59. The largest absolute Gasteiger partial charge is 0.389 e. The van der Waals surface area contributed by atoms with Crippen LogP contribution in [0, 0.1) is 5.92 Å². The van der Waals surface area contributed by atoms with Gasteiger partial charge < -0.3 is 15.3 Å². The van der Waals surface area contributed by atoms with E-state index in [0.717, 1.165) is 12.3 Å². The number of rotatable bonds is 7. The molecule has 0 radical (unpaired) electrons. The van der Waals surface area contributed by atoms with Crippen molar-refractivity contribution in [2.24, 2.45) is 5.92 Å². The third kappa shape index (κ3) is 5.25. The SMILES string of the molecule is CCCN1CCCC(C(C)NCC(C)(O)CC)C1. The predicted molar refractivity (Wildman–Crippen MR) is 77.8 cm³/mol. The summed E-state index contributed by atoms with van der Waals surface area (Å²) in [6.45, 7) is 12.9. The smallest absolute Gasteiger partial charge is 0.0741 e. The first-order valence-electron chi connectivity index (χ1n) is 7.66. The highest BCUT2D eigenvalue weighted by Crippen LogP contribution is 2.20. The van der Waals surface area contributed by atoms with Gasteiger partial charge in [-0.3, -0.25) is 0 Å². The van der Waals surface area contributed by atoms with Gasteiger partial charge in [-0.2, -0.15) is 0 Å². The maximum Gasteiger partial charge on any atom is 0.0741 e. The van der Waals surface area contributed by atoms with E-state index in [0.29, 0.717) is 12.6 Å². The number of nitrogens with one attached hydrogen (secondary N) is 1. The zero-order valence-corrected chi connectivity index (χ0v) is 12.7. The number of nitrogens with zero attached hydrogens (tertiary/aromatic N) is 1. The van der Waals surface area contributed by atoms with Gasteiger partial charge in [-0.05, 0) is 58.5 Å². The van der Waals surface area contributed by atoms with E-state index >= 15 is 0 Å². The van der Waals surface area contributed by atoms with Crippen LogP contribution in [-0.2, 0) is 0 Å². The van der Waals surface area contributed by atoms with Crippen molar-refractivity contribution in [1.29, 1.82) is 0 Å². The maximum atomic E-state index is 10.0. The van der Waals surface area contributed by atoms with Gasteiger partial charge in [0, 0.05) is 19.1 Å². The van der Waals surface area contributed by atoms with Crippen LogP contribution >= 0.6 is 0 Å². The molecule has 3 heteroatoms. The monoisotopic (exact) mass is 256 g/mol. The molecule has 0 aromatic rings. The molecule has 0 spiro atoms. The van der Waals surface area contributed by atoms with Crippen molar-refractivity contribution in [3.8, 4) is 0 Å². The molecule has 1 aliphatic heterocycles. The summed E-state index contributed by atoms with van der Waals surface area (Å²) in [7, 11) is 0. The van der Waals surface area contributed by atoms with Gasteiger partial charge in [0.15, 0.2) is 0 Å². The molecule has 3 atom stereocenters. The molecule has 0 aromatic carbocycles. The fraction of sp³-hybridized carbons (Fsp3) is 1.00. The molecular formula is C15H32N2O. The van der Waals surface area contributed by atoms with Crippen molar-refractivity contribution in [2.45, 2.75) is 65.0 Å². The Balaban J connectivity index is 2.34. The molecule has 0 bridgehead atoms. The zero-order valence-electron chi connectivity index (χ0n) is 12.7. The molecule has 0 aliphatic carbocycles. The maximum absolute atomic E-state index is 10.0. The minimum absolute atomic E-state index is 0.502. The molecule has 3 nitrogen and oxygen atoms in total. The Morgan fingerprint density at radius 3 is 2.78 bits per heavy atom. The van der Waals surface area contributed by atoms with Crippen LogP contribution < -0.4 is 5.32 Å². The second kappa shape index (κ2) is 7.46. The first-order chi connectivity index (χ1) is 8.48. The van der Waals surface area contributed by atoms with Crippen molar-refractivity contribution in [2.75, 3.05) is 26.2 Å². The van der Waals surface area contributed by atoms with E-state index < -0.39 is 5.60 Å². The number of likely N-dealkylation sites (tertiary alicyclic amines) is 1. The van der Waals surface area contributed by atoms with Gasteiger partial charge >= 0.3 is 0 Å². The van der Waals surface area contributed by atoms with Crippen molar-refractivity contribution >= 4 is 0 Å². The first kappa shape index (κ1) is 15.9. The molecule has 18 heavy (non-hydrogen) atoms. The Hall–Kier alpha value is -0.120. The van der Waals surface area contributed by atoms with Crippen LogP contribution in [0.4, 0.5) is 0 Å². The summed E-state index contributed by atoms with van der Waals surface area (Å²) in [5.41, 5.74) is -0.563. The summed E-state index contributed by atoms with van der Waals surface area (Å²) >= 11 is 0. The Labute approximate surface area is 113 Å². The normalized spacial score (nSPS) is 26.8. The van der Waals surface area contributed by atoms with Crippen LogP contribution in [0.2, 0.25) is 0 Å². The molecule has 0 saturated carbocycles. The molecular weight excluding hydrogens is 224 g/mol. The molecule has 1 aliphatic rings. The number of hydrogen-bond acceptors (Lipinski definition) is 3. The molecule has 1 saturated heterocycles. The Morgan fingerprint density at radius 1 is 1.44 bits per heavy atom. The summed E-state index contributed by atoms with van der Waals surface area (Å²) < 4.78 is 0. The van der Waals surface area contributed by atoms with Gasteiger partial charge in [0.25, 0.3) is 0 Å². The number of hydrogen-bond donors (Lipinski definition) is 2. The number of piperidine rings is 1. The fourth-order valence-corrected chi connectivity index (χ4v) is 2.69. The predicted octanol–water partition coefficient (Wildman–Crippen LogP) is 2.25. The molecule has 0 amide bonds. The number of aliphatic hydroxyl groups is 1. The van der Waals surface area contributed by atoms with Crippen LogP contribution in [0.5, 0.6) is 0 Å². The lowest BCUT2D eigenvalue weighted by Crippen LogP contribution is -2.48. The molecule has 108 valence electrons. The Bertz CT molecular complexity index is 229. The van der Waals surface area contributed by atoms with Crippen LogP contribution in [0.25, 0.3) is 0 Å². The van der Waals surface area contributed by atoms with Gasteiger partial charge in [0.05, 0.1) is 5.60 Å². The zero-order chi connectivity index (χ0) is 13.6. The fourth-order valence-electron chi connectivity index (χ4n) is 2.69. The first-order valence-corrected chi connectivity index (χ1v) is 7.66. The van der Waals surface area contributed by atoms with E-state index in [9.17, 15) is 5.11 Å². The minimum atomic E-state index is -0.563. The van der Waals surface area contributed by atoms with Gasteiger partial charge in [-0.25, -0.2) is 0 Å². The van der Waals surface area contributed by atoms with E-state index in [1.165, 1.54) is 38.9 Å². The molecule has 1 heterocycles. The van der Waals surface area contributed by atoms with Gasteiger partial charge in [-0.15, -0.1) is 0 Å². The van der Waals surface area contributed by atoms with Gasteiger partial charge in [-0.1, -0.05) is 13.8 Å². The topological polar surface area (TPSA) is 35.5 Å². The van der Waals surface area contributed by atoms with Crippen molar-refractivity contribution < 1.29 is 5.11 Å². The van der Waals surface area contributed by atoms with Crippen molar-refractivity contribution in [3.63, 3.8) is 0 Å². The average Bonchev–Trinajstić information content (AvgIpc) is 2.37. The van der Waals surface area contributed by atoms with Crippen LogP contribution in [0.15, 0.2) is 0 Å². The van der Waals surface area contributed by atoms with Crippen LogP contribution in [-0.4, -0.2) is 47.8 Å². The lowest BCUT2D eigenvalue weighted by Gasteiger charge is -2.37. The second-order valence-corrected chi connectivity index (χ2v) is 6.22. The molecule has 2 N–H and O–H groups in total. The third-order valence-corrected chi connectivity index (χ3v) is 4.36. The van der Waals surface area contributed by atoms with E-state index in [2.05, 4.69) is 24.1 Å². The van der Waals surface area contributed by atoms with Crippen LogP contribution in [0.3, 0.4) is 0 Å². The van der Waals surface area contributed by atoms with Crippen molar-refractivity contribution in [3.05, 3.63) is 0 Å². The Morgan fingerprint density at radius 2 is 2.17 bits per heavy atom. The summed E-state index contributed by atoms with van der Waals surface area (Å²) in [6, 6.07) is 0.502. The molecule has 0 aromatic heterocycles. The van der Waals surface area contributed by atoms with E-state index in [1.54, 1.807) is 0 Å². The van der Waals surface area contributed by atoms with E-state index in [4.69, 9.17) is 0 Å². The standard InChI is InChI=1S/C15H32N2O/c1-5-9-17-10-7-8-14(11-17)13(3)16-12-15(4,18)6-2/h13-14,16,18H,5-12H2,1-4H3. The lowest BCUT2D eigenvalue weighted by atomic mass is 9.91. The lowest BCUT2D eigenvalue weighted by molar-refractivity contribution is 0.0479. The van der Waals surface area contributed by atoms with E-state index in [1.807, 2.05) is 13.8 Å². The highest BCUT2D eigenvalue weighted by Gasteiger charge is 2.26. The van der Waals surface area contributed by atoms with E-state index in [-0.39, 0.29) is 0 Å². The summed E-state index contributed by atoms with van der Waals surface area (Å²) in [6.07, 6.45) is 4.70. The molecule has 3 unspecified atom stereocenters. The molecule has 1 rings (SSSR count). The Kier molecular flexibility index (Phi) is 6.61. The highest BCUT2D eigenvalue weighted by atomic mass is 16.3.